The van der Waals surface area contributed by atoms with E-state index in [1.54, 1.807) is 6.92 Å². The molecule has 0 spiro atoms. The van der Waals surface area contributed by atoms with Crippen LogP contribution in [-0.4, -0.2) is 49.5 Å². The van der Waals surface area contributed by atoms with Crippen molar-refractivity contribution in [3.05, 3.63) is 45.6 Å². The van der Waals surface area contributed by atoms with Crippen LogP contribution in [0.5, 0.6) is 0 Å². The molecule has 2 atom stereocenters. The van der Waals surface area contributed by atoms with Gasteiger partial charge in [0.15, 0.2) is 0 Å². The minimum Gasteiger partial charge on any atom is -0.481 e. The van der Waals surface area contributed by atoms with Gasteiger partial charge in [-0.3, -0.25) is 9.59 Å². The van der Waals surface area contributed by atoms with Crippen LogP contribution in [0.15, 0.2) is 28.4 Å². The molecule has 0 amide bonds. The monoisotopic (exact) mass is 565 g/mol. The van der Waals surface area contributed by atoms with Gasteiger partial charge in [0.05, 0.1) is 42.2 Å². The van der Waals surface area contributed by atoms with Crippen molar-refractivity contribution >= 4 is 45.3 Å². The summed E-state index contributed by atoms with van der Waals surface area (Å²) in [6.45, 7) is 16.6. The molecule has 212 valence electrons. The van der Waals surface area contributed by atoms with E-state index in [0.717, 1.165) is 35.4 Å². The molecule has 1 aliphatic rings. The molecular weight excluding hydrogens is 530 g/mol. The number of carbonyl (C=O) groups excluding carboxylic acids is 1. The first kappa shape index (κ1) is 30.7. The number of esters is 1. The quantitative estimate of drug-likeness (QED) is 0.129. The second kappa shape index (κ2) is 14.5. The van der Waals surface area contributed by atoms with E-state index in [2.05, 4.69) is 39.9 Å². The summed E-state index contributed by atoms with van der Waals surface area (Å²) in [5.41, 5.74) is 3.58. The molecule has 1 saturated carbocycles. The van der Waals surface area contributed by atoms with Crippen LogP contribution in [0.2, 0.25) is 0 Å². The predicted molar refractivity (Wildman–Crippen MR) is 153 cm³/mol. The van der Waals surface area contributed by atoms with E-state index in [-0.39, 0.29) is 19.3 Å². The van der Waals surface area contributed by atoms with Crippen LogP contribution >= 0.6 is 11.3 Å². The van der Waals surface area contributed by atoms with Gasteiger partial charge >= 0.3 is 11.9 Å². The van der Waals surface area contributed by atoms with Crippen molar-refractivity contribution in [1.29, 1.82) is 5.26 Å². The fourth-order valence-electron chi connectivity index (χ4n) is 4.79. The average molecular weight is 566 g/mol. The maximum atomic E-state index is 12.4. The van der Waals surface area contributed by atoms with E-state index >= 15 is 0 Å². The van der Waals surface area contributed by atoms with Crippen molar-refractivity contribution in [3.63, 3.8) is 0 Å². The number of aryl methyl sites for hydroxylation is 1. The zero-order chi connectivity index (χ0) is 29.2. The number of carboxylic acid groups (broad SMARTS) is 1. The highest BCUT2D eigenvalue weighted by molar-refractivity contribution is 7.17. The molecule has 1 N–H and O–H groups in total. The Morgan fingerprint density at radius 1 is 1.20 bits per heavy atom. The lowest BCUT2D eigenvalue weighted by Gasteiger charge is -2.29. The molecule has 1 aromatic heterocycles. The molecule has 0 bridgehead atoms. The molecule has 1 heterocycles. The molecule has 0 aliphatic heterocycles. The number of benzene rings is 1. The summed E-state index contributed by atoms with van der Waals surface area (Å²) in [4.78, 5) is 30.0. The first-order valence-electron chi connectivity index (χ1n) is 13.3. The van der Waals surface area contributed by atoms with Gasteiger partial charge in [0.2, 0.25) is 5.69 Å². The fourth-order valence-corrected chi connectivity index (χ4v) is 5.66. The first-order chi connectivity index (χ1) is 19.2. The van der Waals surface area contributed by atoms with E-state index in [0.29, 0.717) is 52.8 Å². The van der Waals surface area contributed by atoms with Crippen LogP contribution in [0.1, 0.15) is 55.5 Å². The highest BCUT2D eigenvalue weighted by atomic mass is 32.1. The Morgan fingerprint density at radius 2 is 1.93 bits per heavy atom. The number of ether oxygens (including phenoxy) is 2. The summed E-state index contributed by atoms with van der Waals surface area (Å²) >= 11 is 1.16. The van der Waals surface area contributed by atoms with Gasteiger partial charge in [0, 0.05) is 18.3 Å². The summed E-state index contributed by atoms with van der Waals surface area (Å²) in [5, 5.41) is 27.6. The standard InChI is InChI=1S/C29H35N5O5S/c1-18(2)34(12-13-38-14-15-39-29(37)23-9-7-6-8-22(23)28(35)36)21-10-11-24(19(3)16-21)32-33-27-26(31-5)20(4)25(17-30)40-27/h10-11,16,18,22-23H,6-9,12-15H2,1-4H3,(H,35,36). The maximum Gasteiger partial charge on any atom is 0.309 e. The third-order valence-electron chi connectivity index (χ3n) is 7.03. The zero-order valence-electron chi connectivity index (χ0n) is 23.3. The van der Waals surface area contributed by atoms with Gasteiger partial charge in [-0.15, -0.1) is 11.3 Å². The van der Waals surface area contributed by atoms with Gasteiger partial charge < -0.3 is 19.5 Å². The highest BCUT2D eigenvalue weighted by Crippen LogP contribution is 2.42. The third-order valence-corrected chi connectivity index (χ3v) is 8.10. The summed E-state index contributed by atoms with van der Waals surface area (Å²) < 4.78 is 11.0. The number of hydrogen-bond donors (Lipinski definition) is 1. The number of nitriles is 1. The highest BCUT2D eigenvalue weighted by Gasteiger charge is 2.36. The van der Waals surface area contributed by atoms with Crippen LogP contribution in [0.25, 0.3) is 4.85 Å². The molecule has 2 unspecified atom stereocenters. The van der Waals surface area contributed by atoms with Crippen LogP contribution in [0, 0.1) is 43.6 Å². The number of thiophene rings is 1. The Balaban J connectivity index is 1.52. The van der Waals surface area contributed by atoms with Gasteiger partial charge in [-0.2, -0.15) is 15.5 Å². The summed E-state index contributed by atoms with van der Waals surface area (Å²) in [6.07, 6.45) is 2.73. The van der Waals surface area contributed by atoms with E-state index in [1.807, 2.05) is 25.1 Å². The maximum absolute atomic E-state index is 12.4. The first-order valence-corrected chi connectivity index (χ1v) is 14.2. The lowest BCUT2D eigenvalue weighted by Crippen LogP contribution is -2.35. The Hall–Kier alpha value is -3.80. The number of nitrogens with zero attached hydrogens (tertiary/aromatic N) is 5. The van der Waals surface area contributed by atoms with Crippen molar-refractivity contribution in [3.8, 4) is 6.07 Å². The van der Waals surface area contributed by atoms with Gasteiger partial charge in [-0.25, -0.2) is 4.85 Å². The summed E-state index contributed by atoms with van der Waals surface area (Å²) in [5.74, 6) is -2.62. The molecule has 1 aliphatic carbocycles. The number of aliphatic carboxylic acids is 1. The summed E-state index contributed by atoms with van der Waals surface area (Å²) in [6, 6.07) is 8.16. The largest absolute Gasteiger partial charge is 0.481 e. The van der Waals surface area contributed by atoms with Crippen LogP contribution in [-0.2, 0) is 19.1 Å². The normalized spacial score (nSPS) is 17.0. The number of azo groups is 1. The van der Waals surface area contributed by atoms with Crippen molar-refractivity contribution < 1.29 is 24.2 Å². The molecule has 0 saturated heterocycles. The molecule has 1 aromatic carbocycles. The molecule has 10 nitrogen and oxygen atoms in total. The zero-order valence-corrected chi connectivity index (χ0v) is 24.2. The molecule has 1 fully saturated rings. The van der Waals surface area contributed by atoms with Crippen LogP contribution in [0.4, 0.5) is 22.1 Å². The molecular formula is C29H35N5O5S. The SMILES string of the molecule is [C-]#[N+]c1c(N=Nc2ccc(N(CCOCCOC(=O)C3CCCCC3C(=O)O)C(C)C)cc2C)sc(C#N)c1C. The van der Waals surface area contributed by atoms with Gasteiger partial charge in [-0.05, 0) is 69.9 Å². The van der Waals surface area contributed by atoms with E-state index in [9.17, 15) is 20.0 Å². The second-order valence-electron chi connectivity index (χ2n) is 10.0. The summed E-state index contributed by atoms with van der Waals surface area (Å²) in [7, 11) is 0. The van der Waals surface area contributed by atoms with E-state index in [1.165, 1.54) is 0 Å². The smallest absolute Gasteiger partial charge is 0.309 e. The lowest BCUT2D eigenvalue weighted by atomic mass is 9.79. The number of hydrogen-bond acceptors (Lipinski definition) is 9. The van der Waals surface area contributed by atoms with Gasteiger partial charge in [-0.1, -0.05) is 12.8 Å². The Labute approximate surface area is 239 Å². The minimum absolute atomic E-state index is 0.0942. The topological polar surface area (TPSA) is 129 Å². The van der Waals surface area contributed by atoms with E-state index in [4.69, 9.17) is 16.0 Å². The minimum atomic E-state index is -0.931. The lowest BCUT2D eigenvalue weighted by molar-refractivity contribution is -0.160. The third kappa shape index (κ3) is 7.65. The van der Waals surface area contributed by atoms with Crippen molar-refractivity contribution in [2.24, 2.45) is 22.1 Å². The number of carboxylic acids is 1. The Morgan fingerprint density at radius 3 is 2.55 bits per heavy atom. The van der Waals surface area contributed by atoms with Crippen LogP contribution < -0.4 is 4.90 Å². The van der Waals surface area contributed by atoms with Crippen LogP contribution in [0.3, 0.4) is 0 Å². The average Bonchev–Trinajstić information content (AvgIpc) is 3.25. The van der Waals surface area contributed by atoms with Crippen molar-refractivity contribution in [2.45, 2.75) is 59.4 Å². The molecule has 2 aromatic rings. The van der Waals surface area contributed by atoms with Crippen molar-refractivity contribution in [1.82, 2.24) is 0 Å². The number of rotatable bonds is 12. The number of anilines is 1. The fraction of sp³-hybridized carbons (Fsp3) is 0.517. The Bertz CT molecular complexity index is 1320. The van der Waals surface area contributed by atoms with Gasteiger partial charge in [0.1, 0.15) is 17.7 Å². The number of carbonyl (C=O) groups is 2. The molecule has 11 heteroatoms. The van der Waals surface area contributed by atoms with Gasteiger partial charge in [0.25, 0.3) is 0 Å². The Kier molecular flexibility index (Phi) is 11.2. The van der Waals surface area contributed by atoms with Crippen molar-refractivity contribution in [2.75, 3.05) is 31.3 Å². The molecule has 3 rings (SSSR count). The second-order valence-corrected chi connectivity index (χ2v) is 11.0. The molecule has 40 heavy (non-hydrogen) atoms. The van der Waals surface area contributed by atoms with E-state index < -0.39 is 23.8 Å². The predicted octanol–water partition coefficient (Wildman–Crippen LogP) is 6.87. The molecule has 0 radical (unpaired) electrons.